The highest BCUT2D eigenvalue weighted by Gasteiger charge is 2.16. The zero-order valence-corrected chi connectivity index (χ0v) is 14.5. The first kappa shape index (κ1) is 15.5. The summed E-state index contributed by atoms with van der Waals surface area (Å²) < 4.78 is 5.04. The minimum Gasteiger partial charge on any atom is -0.324 e. The third-order valence-corrected chi connectivity index (χ3v) is 5.02. The standard InChI is InChI=1S/C12H19BrN6S/c1-7(2)19-10(5-14)15-16-12(19)20-6-9-11(13)8(3)17-18(9)4/h7H,5-6,14H2,1-4H3. The summed E-state index contributed by atoms with van der Waals surface area (Å²) in [6, 6.07) is 0.294. The largest absolute Gasteiger partial charge is 0.324 e. The number of halogens is 1. The van der Waals surface area contributed by atoms with Gasteiger partial charge in [-0.1, -0.05) is 11.8 Å². The molecular formula is C12H19BrN6S. The Kier molecular flexibility index (Phi) is 4.87. The first-order chi connectivity index (χ1) is 9.45. The van der Waals surface area contributed by atoms with E-state index in [9.17, 15) is 0 Å². The Morgan fingerprint density at radius 1 is 1.35 bits per heavy atom. The molecule has 2 heterocycles. The minimum absolute atomic E-state index is 0.294. The molecule has 0 saturated carbocycles. The van der Waals surface area contributed by atoms with Crippen LogP contribution >= 0.6 is 27.7 Å². The van der Waals surface area contributed by atoms with Crippen LogP contribution in [-0.2, 0) is 19.3 Å². The predicted molar refractivity (Wildman–Crippen MR) is 83.5 cm³/mol. The summed E-state index contributed by atoms with van der Waals surface area (Å²) in [7, 11) is 1.95. The first-order valence-corrected chi connectivity index (χ1v) is 8.18. The second-order valence-corrected chi connectivity index (χ2v) is 6.56. The van der Waals surface area contributed by atoms with Crippen molar-refractivity contribution in [3.63, 3.8) is 0 Å². The van der Waals surface area contributed by atoms with Crippen LogP contribution in [0.3, 0.4) is 0 Å². The lowest BCUT2D eigenvalue weighted by Crippen LogP contribution is -2.11. The van der Waals surface area contributed by atoms with Gasteiger partial charge in [-0.25, -0.2) is 0 Å². The number of nitrogens with two attached hydrogens (primary N) is 1. The number of hydrogen-bond acceptors (Lipinski definition) is 5. The fourth-order valence-electron chi connectivity index (χ4n) is 2.03. The maximum atomic E-state index is 5.71. The maximum Gasteiger partial charge on any atom is 0.191 e. The van der Waals surface area contributed by atoms with Crippen LogP contribution in [0.1, 0.15) is 37.1 Å². The molecule has 2 N–H and O–H groups in total. The summed E-state index contributed by atoms with van der Waals surface area (Å²) >= 11 is 5.23. The van der Waals surface area contributed by atoms with Crippen molar-refractivity contribution in [1.29, 1.82) is 0 Å². The number of nitrogens with zero attached hydrogens (tertiary/aromatic N) is 5. The fourth-order valence-corrected chi connectivity index (χ4v) is 3.85. The minimum atomic E-state index is 0.294. The molecule has 2 aromatic rings. The van der Waals surface area contributed by atoms with Crippen molar-refractivity contribution in [2.24, 2.45) is 12.8 Å². The molecule has 0 amide bonds. The van der Waals surface area contributed by atoms with Gasteiger partial charge in [0, 0.05) is 18.8 Å². The van der Waals surface area contributed by atoms with Gasteiger partial charge in [0.2, 0.25) is 0 Å². The quantitative estimate of drug-likeness (QED) is 0.830. The third kappa shape index (κ3) is 2.91. The second-order valence-electron chi connectivity index (χ2n) is 4.83. The van der Waals surface area contributed by atoms with E-state index in [0.717, 1.165) is 32.6 Å². The monoisotopic (exact) mass is 358 g/mol. The highest BCUT2D eigenvalue weighted by Crippen LogP contribution is 2.29. The topological polar surface area (TPSA) is 74.6 Å². The van der Waals surface area contributed by atoms with Crippen molar-refractivity contribution in [1.82, 2.24) is 24.5 Å². The van der Waals surface area contributed by atoms with Crippen molar-refractivity contribution in [3.05, 3.63) is 21.7 Å². The van der Waals surface area contributed by atoms with Crippen molar-refractivity contribution in [2.45, 2.75) is 44.3 Å². The first-order valence-electron chi connectivity index (χ1n) is 6.40. The molecule has 0 aromatic carbocycles. The van der Waals surface area contributed by atoms with Crippen LogP contribution in [0.5, 0.6) is 0 Å². The Bertz CT molecular complexity index is 603. The lowest BCUT2D eigenvalue weighted by atomic mass is 10.4. The van der Waals surface area contributed by atoms with E-state index in [4.69, 9.17) is 5.73 Å². The Morgan fingerprint density at radius 2 is 2.05 bits per heavy atom. The van der Waals surface area contributed by atoms with Crippen molar-refractivity contribution >= 4 is 27.7 Å². The van der Waals surface area contributed by atoms with E-state index < -0.39 is 0 Å². The van der Waals surface area contributed by atoms with Gasteiger partial charge in [-0.3, -0.25) is 4.68 Å². The van der Waals surface area contributed by atoms with Crippen LogP contribution in [0.2, 0.25) is 0 Å². The second kappa shape index (κ2) is 6.28. The van der Waals surface area contributed by atoms with Gasteiger partial charge in [-0.15, -0.1) is 10.2 Å². The summed E-state index contributed by atoms with van der Waals surface area (Å²) in [6.07, 6.45) is 0. The Morgan fingerprint density at radius 3 is 2.55 bits per heavy atom. The van der Waals surface area contributed by atoms with Crippen molar-refractivity contribution in [2.75, 3.05) is 0 Å². The van der Waals surface area contributed by atoms with Crippen LogP contribution in [0.15, 0.2) is 9.63 Å². The van der Waals surface area contributed by atoms with Crippen LogP contribution in [0, 0.1) is 6.92 Å². The fraction of sp³-hybridized carbons (Fsp3) is 0.583. The van der Waals surface area contributed by atoms with Gasteiger partial charge >= 0.3 is 0 Å². The number of thioether (sulfide) groups is 1. The lowest BCUT2D eigenvalue weighted by Gasteiger charge is -2.12. The van der Waals surface area contributed by atoms with Crippen molar-refractivity contribution in [3.8, 4) is 0 Å². The molecule has 8 heteroatoms. The zero-order chi connectivity index (χ0) is 14.9. The maximum absolute atomic E-state index is 5.71. The summed E-state index contributed by atoms with van der Waals surface area (Å²) in [5.74, 6) is 1.61. The number of hydrogen-bond donors (Lipinski definition) is 1. The molecule has 0 aliphatic carbocycles. The predicted octanol–water partition coefficient (Wildman–Crippen LogP) is 2.41. The molecule has 0 saturated heterocycles. The Labute approximate surface area is 131 Å². The molecule has 0 spiro atoms. The van der Waals surface area contributed by atoms with Gasteiger partial charge in [0.15, 0.2) is 5.16 Å². The van der Waals surface area contributed by atoms with E-state index in [1.807, 2.05) is 18.7 Å². The van der Waals surface area contributed by atoms with Gasteiger partial charge in [-0.05, 0) is 36.7 Å². The number of aryl methyl sites for hydroxylation is 2. The van der Waals surface area contributed by atoms with Crippen LogP contribution in [0.25, 0.3) is 0 Å². The SMILES string of the molecule is Cc1nn(C)c(CSc2nnc(CN)n2C(C)C)c1Br. The molecule has 2 aromatic heterocycles. The van der Waals surface area contributed by atoms with Crippen LogP contribution in [-0.4, -0.2) is 24.5 Å². The molecule has 0 unspecified atom stereocenters. The molecule has 110 valence electrons. The van der Waals surface area contributed by atoms with E-state index >= 15 is 0 Å². The zero-order valence-electron chi connectivity index (χ0n) is 12.1. The van der Waals surface area contributed by atoms with Crippen LogP contribution in [0.4, 0.5) is 0 Å². The Hall–Kier alpha value is -0.860. The van der Waals surface area contributed by atoms with E-state index in [2.05, 4.69) is 49.6 Å². The molecule has 6 nitrogen and oxygen atoms in total. The third-order valence-electron chi connectivity index (χ3n) is 3.03. The molecule has 0 atom stereocenters. The number of aromatic nitrogens is 5. The highest BCUT2D eigenvalue weighted by molar-refractivity contribution is 9.10. The van der Waals surface area contributed by atoms with E-state index in [1.54, 1.807) is 11.8 Å². The summed E-state index contributed by atoms with van der Waals surface area (Å²) in [6.45, 7) is 6.61. The average Bonchev–Trinajstić information content (AvgIpc) is 2.90. The summed E-state index contributed by atoms with van der Waals surface area (Å²) in [5.41, 5.74) is 7.84. The molecule has 2 rings (SSSR count). The van der Waals surface area contributed by atoms with Crippen molar-refractivity contribution < 1.29 is 0 Å². The lowest BCUT2D eigenvalue weighted by molar-refractivity contribution is 0.526. The summed E-state index contributed by atoms with van der Waals surface area (Å²) in [5, 5.41) is 13.7. The van der Waals surface area contributed by atoms with Crippen LogP contribution < -0.4 is 5.73 Å². The van der Waals surface area contributed by atoms with Gasteiger partial charge in [0.25, 0.3) is 0 Å². The number of rotatable bonds is 5. The normalized spacial score (nSPS) is 11.6. The van der Waals surface area contributed by atoms with E-state index in [-0.39, 0.29) is 0 Å². The smallest absolute Gasteiger partial charge is 0.191 e. The van der Waals surface area contributed by atoms with Gasteiger partial charge in [0.1, 0.15) is 5.82 Å². The average molecular weight is 359 g/mol. The van der Waals surface area contributed by atoms with Gasteiger partial charge < -0.3 is 10.3 Å². The molecule has 0 radical (unpaired) electrons. The molecule has 0 fully saturated rings. The molecule has 0 aliphatic rings. The van der Waals surface area contributed by atoms with E-state index in [0.29, 0.717) is 12.6 Å². The molecular weight excluding hydrogens is 340 g/mol. The molecule has 0 bridgehead atoms. The Balaban J connectivity index is 2.21. The van der Waals surface area contributed by atoms with Gasteiger partial charge in [-0.2, -0.15) is 5.10 Å². The molecule has 20 heavy (non-hydrogen) atoms. The highest BCUT2D eigenvalue weighted by atomic mass is 79.9. The summed E-state index contributed by atoms with van der Waals surface area (Å²) in [4.78, 5) is 0. The van der Waals surface area contributed by atoms with Gasteiger partial charge in [0.05, 0.1) is 22.4 Å². The van der Waals surface area contributed by atoms with E-state index in [1.165, 1.54) is 0 Å². The molecule has 0 aliphatic heterocycles.